The third-order valence-corrected chi connectivity index (χ3v) is 2.93. The smallest absolute Gasteiger partial charge is 0.355 e. The molecule has 1 aromatic heterocycles. The van der Waals surface area contributed by atoms with E-state index in [9.17, 15) is 14.0 Å². The maximum atomic E-state index is 13.9. The first-order valence-electron chi connectivity index (χ1n) is 7.24. The summed E-state index contributed by atoms with van der Waals surface area (Å²) < 4.78 is 20.2. The minimum atomic E-state index is -0.675. The zero-order valence-corrected chi connectivity index (χ0v) is 13.4. The van der Waals surface area contributed by atoms with Crippen LogP contribution in [0.4, 0.5) is 16.0 Å². The van der Waals surface area contributed by atoms with Crippen molar-refractivity contribution in [3.05, 3.63) is 45.0 Å². The number of hydrogen-bond acceptors (Lipinski definition) is 5. The fourth-order valence-electron chi connectivity index (χ4n) is 2.01. The Kier molecular flexibility index (Phi) is 4.83. The average molecular weight is 322 g/mol. The lowest BCUT2D eigenvalue weighted by Gasteiger charge is -2.12. The Hall–Kier alpha value is -2.64. The number of nitrogens with one attached hydrogen (secondary N) is 2. The van der Waals surface area contributed by atoms with Gasteiger partial charge in [-0.05, 0) is 39.8 Å². The van der Waals surface area contributed by atoms with Crippen LogP contribution in [0.5, 0.6) is 5.75 Å². The number of ether oxygens (including phenoxy) is 1. The number of halogens is 1. The van der Waals surface area contributed by atoms with Gasteiger partial charge in [0.25, 0.3) is 0 Å². The molecule has 23 heavy (non-hydrogen) atoms. The highest BCUT2D eigenvalue weighted by atomic mass is 19.1. The normalized spacial score (nSPS) is 11.1. The maximum absolute atomic E-state index is 13.9. The molecule has 1 heterocycles. The summed E-state index contributed by atoms with van der Waals surface area (Å²) in [6.07, 6.45) is -0.148. The van der Waals surface area contributed by atoms with Crippen molar-refractivity contribution in [1.82, 2.24) is 14.5 Å². The molecule has 0 unspecified atom stereocenters. The molecular formula is C15H19FN4O3. The molecule has 0 atom stereocenters. The molecular weight excluding hydrogens is 303 g/mol. The molecule has 0 aliphatic carbocycles. The molecule has 0 spiro atoms. The Morgan fingerprint density at radius 1 is 1.26 bits per heavy atom. The van der Waals surface area contributed by atoms with Gasteiger partial charge in [0.05, 0.1) is 6.10 Å². The first kappa shape index (κ1) is 16.7. The Balaban J connectivity index is 2.28. The molecule has 2 N–H and O–H groups in total. The van der Waals surface area contributed by atoms with Gasteiger partial charge >= 0.3 is 11.4 Å². The third-order valence-electron chi connectivity index (χ3n) is 2.93. The Morgan fingerprint density at radius 2 is 1.96 bits per heavy atom. The molecule has 8 heteroatoms. The standard InChI is InChI=1S/C15H19FN4O3/c1-8(2)20-14(21)18-13(19-15(20)22)17-10-5-6-12(11(16)7-10)23-9(3)4/h5-9H,1-4H3,(H2,17,18,19,21,22). The molecule has 0 bridgehead atoms. The van der Waals surface area contributed by atoms with Crippen molar-refractivity contribution < 1.29 is 9.13 Å². The molecule has 0 saturated carbocycles. The fraction of sp³-hybridized carbons (Fsp3) is 0.400. The number of hydrogen-bond donors (Lipinski definition) is 2. The van der Waals surface area contributed by atoms with Crippen LogP contribution in [0, 0.1) is 5.82 Å². The van der Waals surface area contributed by atoms with Gasteiger partial charge in [0.15, 0.2) is 11.6 Å². The van der Waals surface area contributed by atoms with Crippen molar-refractivity contribution in [1.29, 1.82) is 0 Å². The van der Waals surface area contributed by atoms with Crippen molar-refractivity contribution in [2.45, 2.75) is 39.8 Å². The number of rotatable bonds is 5. The molecule has 0 aliphatic rings. The maximum Gasteiger partial charge on any atom is 0.355 e. The average Bonchev–Trinajstić information content (AvgIpc) is 2.40. The molecule has 1 aromatic carbocycles. The summed E-state index contributed by atoms with van der Waals surface area (Å²) in [5.41, 5.74) is -0.919. The highest BCUT2D eigenvalue weighted by Crippen LogP contribution is 2.23. The predicted octanol–water partition coefficient (Wildman–Crippen LogP) is 2.18. The van der Waals surface area contributed by atoms with E-state index < -0.39 is 17.2 Å². The second kappa shape index (κ2) is 6.64. The quantitative estimate of drug-likeness (QED) is 0.881. The lowest BCUT2D eigenvalue weighted by atomic mass is 10.3. The van der Waals surface area contributed by atoms with Gasteiger partial charge < -0.3 is 10.1 Å². The third kappa shape index (κ3) is 3.97. The summed E-state index contributed by atoms with van der Waals surface area (Å²) in [5, 5.41) is 2.70. The van der Waals surface area contributed by atoms with Gasteiger partial charge in [0.1, 0.15) is 0 Å². The number of H-pyrrole nitrogens is 1. The Morgan fingerprint density at radius 3 is 2.48 bits per heavy atom. The van der Waals surface area contributed by atoms with Crippen LogP contribution in [-0.4, -0.2) is 20.6 Å². The summed E-state index contributed by atoms with van der Waals surface area (Å²) in [6.45, 7) is 7.00. The predicted molar refractivity (Wildman–Crippen MR) is 84.9 cm³/mol. The summed E-state index contributed by atoms with van der Waals surface area (Å²) in [6, 6.07) is 3.92. The number of benzene rings is 1. The van der Waals surface area contributed by atoms with Crippen molar-refractivity contribution in [3.8, 4) is 5.75 Å². The summed E-state index contributed by atoms with van der Waals surface area (Å²) in [5.74, 6) is -0.474. The molecule has 7 nitrogen and oxygen atoms in total. The number of anilines is 2. The summed E-state index contributed by atoms with van der Waals surface area (Å²) in [4.78, 5) is 29.9. The van der Waals surface area contributed by atoms with Gasteiger partial charge in [0, 0.05) is 17.8 Å². The van der Waals surface area contributed by atoms with Crippen molar-refractivity contribution in [3.63, 3.8) is 0 Å². The highest BCUT2D eigenvalue weighted by Gasteiger charge is 2.11. The highest BCUT2D eigenvalue weighted by molar-refractivity contribution is 5.54. The Labute approximate surface area is 132 Å². The van der Waals surface area contributed by atoms with Gasteiger partial charge in [-0.25, -0.2) is 18.5 Å². The van der Waals surface area contributed by atoms with E-state index in [0.29, 0.717) is 5.69 Å². The van der Waals surface area contributed by atoms with Gasteiger partial charge in [-0.2, -0.15) is 4.98 Å². The van der Waals surface area contributed by atoms with Crippen LogP contribution in [0.15, 0.2) is 27.8 Å². The second-order valence-electron chi connectivity index (χ2n) is 5.57. The van der Waals surface area contributed by atoms with E-state index in [0.717, 1.165) is 4.57 Å². The zero-order valence-electron chi connectivity index (χ0n) is 13.4. The van der Waals surface area contributed by atoms with Crippen LogP contribution in [0.1, 0.15) is 33.7 Å². The van der Waals surface area contributed by atoms with E-state index in [-0.39, 0.29) is 23.8 Å². The van der Waals surface area contributed by atoms with Crippen molar-refractivity contribution >= 4 is 11.6 Å². The van der Waals surface area contributed by atoms with Crippen LogP contribution in [0.3, 0.4) is 0 Å². The first-order chi connectivity index (χ1) is 10.8. The second-order valence-corrected chi connectivity index (χ2v) is 5.57. The van der Waals surface area contributed by atoms with E-state index in [4.69, 9.17) is 4.74 Å². The lowest BCUT2D eigenvalue weighted by molar-refractivity contribution is 0.231. The van der Waals surface area contributed by atoms with E-state index >= 15 is 0 Å². The van der Waals surface area contributed by atoms with Crippen LogP contribution in [0.25, 0.3) is 0 Å². The molecule has 0 radical (unpaired) electrons. The van der Waals surface area contributed by atoms with E-state index in [2.05, 4.69) is 15.3 Å². The van der Waals surface area contributed by atoms with Crippen molar-refractivity contribution in [2.75, 3.05) is 5.32 Å². The minimum Gasteiger partial charge on any atom is -0.488 e. The molecule has 0 aliphatic heterocycles. The molecule has 0 fully saturated rings. The molecule has 2 aromatic rings. The van der Waals surface area contributed by atoms with E-state index in [1.807, 2.05) is 0 Å². The van der Waals surface area contributed by atoms with E-state index in [1.165, 1.54) is 12.1 Å². The van der Waals surface area contributed by atoms with Crippen LogP contribution < -0.4 is 21.4 Å². The van der Waals surface area contributed by atoms with E-state index in [1.54, 1.807) is 33.8 Å². The largest absolute Gasteiger partial charge is 0.488 e. The number of nitrogens with zero attached hydrogens (tertiary/aromatic N) is 2. The summed E-state index contributed by atoms with van der Waals surface area (Å²) in [7, 11) is 0. The lowest BCUT2D eigenvalue weighted by Crippen LogP contribution is -2.38. The van der Waals surface area contributed by atoms with Crippen molar-refractivity contribution in [2.24, 2.45) is 0 Å². The Bertz CT molecular complexity index is 780. The SMILES string of the molecule is CC(C)Oc1ccc(Nc2nc(=O)n(C(C)C)c(=O)[nH]2)cc1F. The van der Waals surface area contributed by atoms with Gasteiger partial charge in [-0.15, -0.1) is 0 Å². The minimum absolute atomic E-state index is 0.0474. The number of aromatic nitrogens is 3. The monoisotopic (exact) mass is 322 g/mol. The van der Waals surface area contributed by atoms with Gasteiger partial charge in [-0.1, -0.05) is 0 Å². The first-order valence-corrected chi connectivity index (χ1v) is 7.24. The molecule has 0 saturated heterocycles. The molecule has 0 amide bonds. The van der Waals surface area contributed by atoms with Gasteiger partial charge in [-0.3, -0.25) is 4.98 Å². The zero-order chi connectivity index (χ0) is 17.1. The van der Waals surface area contributed by atoms with Crippen LogP contribution in [-0.2, 0) is 0 Å². The van der Waals surface area contributed by atoms with Gasteiger partial charge in [0.2, 0.25) is 5.95 Å². The molecule has 124 valence electrons. The topological polar surface area (TPSA) is 89.0 Å². The van der Waals surface area contributed by atoms with Crippen LogP contribution in [0.2, 0.25) is 0 Å². The fourth-order valence-corrected chi connectivity index (χ4v) is 2.01. The molecule has 2 rings (SSSR count). The van der Waals surface area contributed by atoms with Crippen LogP contribution >= 0.6 is 0 Å². The summed E-state index contributed by atoms with van der Waals surface area (Å²) >= 11 is 0. The number of aromatic amines is 1.